The van der Waals surface area contributed by atoms with Gasteiger partial charge in [0.25, 0.3) is 0 Å². The van der Waals surface area contributed by atoms with E-state index in [0.717, 1.165) is 80.6 Å². The summed E-state index contributed by atoms with van der Waals surface area (Å²) < 4.78 is 72.5. The number of amides is 1. The molecule has 6 saturated carbocycles. The molecule has 9 aliphatic rings. The van der Waals surface area contributed by atoms with Crippen LogP contribution in [-0.2, 0) is 157 Å². The number of benzene rings is 5. The summed E-state index contributed by atoms with van der Waals surface area (Å²) in [5.74, 6) is -12.3. The van der Waals surface area contributed by atoms with Gasteiger partial charge in [-0.05, 0) is 156 Å². The molecule has 0 bridgehead atoms. The second kappa shape index (κ2) is 59.5. The Hall–Kier alpha value is -11.4. The Labute approximate surface area is 826 Å². The van der Waals surface area contributed by atoms with Crippen LogP contribution in [0.3, 0.4) is 0 Å². The number of methoxy groups -OCH3 is 6. The zero-order valence-electron chi connectivity index (χ0n) is 83.1. The highest BCUT2D eigenvalue weighted by Gasteiger charge is 2.58. The number of carbonyl (C=O) groups excluding carboxylic acids is 12. The summed E-state index contributed by atoms with van der Waals surface area (Å²) in [6, 6.07) is 47.7. The monoisotopic (exact) mass is 1990 g/mol. The Bertz CT molecular complexity index is 4750. The summed E-state index contributed by atoms with van der Waals surface area (Å²) >= 11 is 0. The molecule has 3 spiro atoms. The van der Waals surface area contributed by atoms with Gasteiger partial charge in [-0.15, -0.1) is 13.2 Å². The molecule has 3 heterocycles. The van der Waals surface area contributed by atoms with Crippen molar-refractivity contribution in [2.45, 2.75) is 228 Å². The molecular formula is C106H145NO33Si. The van der Waals surface area contributed by atoms with Crippen molar-refractivity contribution in [1.82, 2.24) is 5.32 Å². The van der Waals surface area contributed by atoms with E-state index in [-0.39, 0.29) is 125 Å². The minimum Gasteiger partial charge on any atom is -0.481 e. The Morgan fingerprint density at radius 1 is 0.376 bits per heavy atom. The van der Waals surface area contributed by atoms with E-state index in [1.54, 1.807) is 6.08 Å². The highest BCUT2D eigenvalue weighted by atomic mass is 28.3. The lowest BCUT2D eigenvalue weighted by Crippen LogP contribution is -2.41. The van der Waals surface area contributed by atoms with E-state index in [1.165, 1.54) is 48.7 Å². The predicted octanol–water partition coefficient (Wildman–Crippen LogP) is 12.6. The van der Waals surface area contributed by atoms with E-state index in [0.29, 0.717) is 77.6 Å². The van der Waals surface area contributed by atoms with Crippen LogP contribution < -0.4 is 5.32 Å². The smallest absolute Gasteiger partial charge is 0.407 e. The van der Waals surface area contributed by atoms with Gasteiger partial charge in [0.15, 0.2) is 0 Å². The fraction of sp³-hybridized carbons (Fsp3) is 0.557. The third-order valence-electron chi connectivity index (χ3n) is 26.4. The third kappa shape index (κ3) is 37.1. The Morgan fingerprint density at radius 3 is 0.943 bits per heavy atom. The molecule has 17 atom stereocenters. The van der Waals surface area contributed by atoms with Gasteiger partial charge in [-0.25, -0.2) is 4.79 Å². The number of Topliss-reactive ketones (excluding diaryl/α,β-unsaturated/α-hetero) is 1. The molecule has 0 radical (unpaired) electrons. The number of carboxylic acids is 1. The van der Waals surface area contributed by atoms with Crippen LogP contribution in [-0.4, -0.2) is 234 Å². The molecule has 5 unspecified atom stereocenters. The van der Waals surface area contributed by atoms with Crippen molar-refractivity contribution >= 4 is 85.6 Å². The van der Waals surface area contributed by atoms with Crippen molar-refractivity contribution in [1.29, 1.82) is 0 Å². The highest BCUT2D eigenvalue weighted by Crippen LogP contribution is 2.51. The first-order valence-electron chi connectivity index (χ1n) is 47.6. The second-order valence-corrected chi connectivity index (χ2v) is 43.1. The molecule has 0 aromatic heterocycles. The van der Waals surface area contributed by atoms with Gasteiger partial charge in [0.05, 0.1) is 136 Å². The summed E-state index contributed by atoms with van der Waals surface area (Å²) in [6.07, 6.45) is 13.7. The second-order valence-electron chi connectivity index (χ2n) is 37.5. The number of aliphatic hydroxyl groups excluding tert-OH is 3. The minimum absolute atomic E-state index is 0.0473. The van der Waals surface area contributed by atoms with Crippen molar-refractivity contribution in [3.05, 3.63) is 205 Å². The fourth-order valence-electron chi connectivity index (χ4n) is 19.5. The summed E-state index contributed by atoms with van der Waals surface area (Å²) in [7, 11) is 9.03. The number of aliphatic hydroxyl groups is 5. The molecule has 776 valence electrons. The molecule has 6 aliphatic carbocycles. The summed E-state index contributed by atoms with van der Waals surface area (Å²) in [5, 5.41) is 56.0. The maximum Gasteiger partial charge on any atom is 0.407 e. The Morgan fingerprint density at radius 2 is 0.645 bits per heavy atom. The lowest BCUT2D eigenvalue weighted by molar-refractivity contribution is -0.158. The molecule has 14 rings (SSSR count). The number of carboxylic acid groups (broad SMARTS) is 1. The lowest BCUT2D eigenvalue weighted by Gasteiger charge is -2.22. The summed E-state index contributed by atoms with van der Waals surface area (Å²) in [5.41, 5.74) is 1.12. The van der Waals surface area contributed by atoms with Gasteiger partial charge in [-0.3, -0.25) is 57.5 Å². The highest BCUT2D eigenvalue weighted by molar-refractivity contribution is 6.76. The van der Waals surface area contributed by atoms with Crippen LogP contribution in [0.15, 0.2) is 177 Å². The first-order valence-corrected chi connectivity index (χ1v) is 51.3. The van der Waals surface area contributed by atoms with Crippen LogP contribution in [0.4, 0.5) is 4.79 Å². The van der Waals surface area contributed by atoms with Crippen LogP contribution in [0.25, 0.3) is 0 Å². The topological polar surface area (TPSA) is 485 Å². The number of rotatable bonds is 29. The van der Waals surface area contributed by atoms with Crippen LogP contribution in [0, 0.1) is 65.1 Å². The van der Waals surface area contributed by atoms with Gasteiger partial charge in [0.2, 0.25) is 0 Å². The molecule has 5 aromatic carbocycles. The zero-order valence-corrected chi connectivity index (χ0v) is 84.1. The molecule has 34 nitrogen and oxygen atoms in total. The molecule has 35 heteroatoms. The zero-order chi connectivity index (χ0) is 104. The van der Waals surface area contributed by atoms with E-state index in [4.69, 9.17) is 77.3 Å². The number of carbonyl (C=O) groups is 13. The number of nitrogens with one attached hydrogen (secondary N) is 1. The number of ketones is 1. The number of hydrogen-bond donors (Lipinski definition) is 7. The average molecular weight is 1990 g/mol. The predicted molar refractivity (Wildman–Crippen MR) is 516 cm³/mol. The van der Waals surface area contributed by atoms with Crippen LogP contribution in [0.2, 0.25) is 25.7 Å². The number of hydrogen-bond acceptors (Lipinski definition) is 32. The molecular weight excluding hydrogens is 1840 g/mol. The third-order valence-corrected chi connectivity index (χ3v) is 27.9. The number of alkyl carbamates (subject to hydrolysis) is 1. The van der Waals surface area contributed by atoms with Crippen molar-refractivity contribution < 1.29 is 159 Å². The number of esters is 10. The van der Waals surface area contributed by atoms with Crippen molar-refractivity contribution in [3.8, 4) is 0 Å². The average Bonchev–Trinajstić information content (AvgIpc) is 1.63. The summed E-state index contributed by atoms with van der Waals surface area (Å²) in [6.45, 7) is 17.2. The Kier molecular flexibility index (Phi) is 49.9. The summed E-state index contributed by atoms with van der Waals surface area (Å²) in [4.78, 5) is 155. The van der Waals surface area contributed by atoms with Crippen molar-refractivity contribution in [2.24, 2.45) is 65.1 Å². The van der Waals surface area contributed by atoms with E-state index in [1.807, 2.05) is 158 Å². The number of aliphatic carboxylic acids is 1. The van der Waals surface area contributed by atoms with E-state index in [2.05, 4.69) is 47.6 Å². The van der Waals surface area contributed by atoms with E-state index < -0.39 is 138 Å². The first kappa shape index (κ1) is 118. The normalized spacial score (nSPS) is 26.5. The van der Waals surface area contributed by atoms with Gasteiger partial charge < -0.3 is 102 Å². The first-order chi connectivity index (χ1) is 67.5. The van der Waals surface area contributed by atoms with E-state index >= 15 is 0 Å². The molecule has 7 N–H and O–H groups in total. The van der Waals surface area contributed by atoms with Gasteiger partial charge in [0.1, 0.15) is 38.8 Å². The minimum atomic E-state index is -1.15. The fourth-order valence-corrected chi connectivity index (χ4v) is 20.4. The van der Waals surface area contributed by atoms with Crippen LogP contribution in [0.1, 0.15) is 163 Å². The maximum absolute atomic E-state index is 12.5. The lowest BCUT2D eigenvalue weighted by atomic mass is 9.94. The van der Waals surface area contributed by atoms with Crippen molar-refractivity contribution in [3.63, 3.8) is 0 Å². The number of allylic oxidation sites excluding steroid dienone is 1. The number of ether oxygens (including phenoxy) is 14. The largest absolute Gasteiger partial charge is 0.481 e. The van der Waals surface area contributed by atoms with Gasteiger partial charge in [-0.1, -0.05) is 183 Å². The van der Waals surface area contributed by atoms with Crippen molar-refractivity contribution in [2.75, 3.05) is 83.3 Å². The van der Waals surface area contributed by atoms with E-state index in [9.17, 15) is 72.5 Å². The van der Waals surface area contributed by atoms with Gasteiger partial charge in [0, 0.05) is 67.6 Å². The van der Waals surface area contributed by atoms with Crippen LogP contribution in [0.5, 0.6) is 0 Å². The maximum atomic E-state index is 12.5. The SMILES string of the molecule is C=CCC1(O)C[C@H](C(=O)OC)[C@H](C(=O)OCc2ccccc2)C1.C=CC[Si](C)(C)C.CO.CO.COC(=O)[C@H]1CC(=O)C[C@H]1C(=O)OCc1ccccc1.COC(=O)[C@H]1CC(O)(CCCO)C[C@H]1C(=O)OCc1ccccc1.COC(=O)[C@H]1CC2(CCCO2)C[C@H]1C(=O)O.COC(=O)[C@H]1CC2(CCCO2)C[C@H]1C(=O)OCc1ccccc1.COC(=O)[C@H]1CC2(CCCO2)C[C@H]1NC(=O)OCc1ccccc1. The molecule has 5 aromatic rings. The Balaban J connectivity index is 0.000000254. The molecule has 3 aliphatic heterocycles. The molecule has 1 amide bonds. The molecule has 141 heavy (non-hydrogen) atoms. The standard InChI is InChI=1S/C18H23NO5.C18H24O6.2C18H22O5.C15H16O5.C11H16O5.C6H14Si.2CH4O/c1-22-16(20)14-10-18(8-5-9-24-18)11-15(14)19-17(21)23-12-13-6-3-2-4-7-13;1-23-16(20)14-10-18(22,8-5-9-19)11-15(14)17(21)24-12-13-6-3-2-4-7-13;1-21-16(19)14-10-18(8-5-9-23-18)11-15(14)17(20)22-12-13-6-3-2-4-7-13;1-3-9-18(21)10-14(16(19)22-2)15(11-18)17(20)23-12-13-7-5-4-6-8-13;1-19-14(17)12-7-11(16)8-13(12)15(18)20-9-10-5-3-2-4-6-10;1-15-10(14)8-6-11(3-2-4-16-11)5-7(8)9(12)13;1-5-6-7(2,3)4;2*1-2/h2-4,6-7,14-15H,5,8-12H2,1H3,(H,19,21);2-4,6-7,14-15,19,22H,5,8-12H2,1H3;2-4,6-7,14-15H,5,8-12H2,1H3;3-8,14-15,21H,1,9-12H2,2H3;2-6,12-13H,7-9H2,1H3;7-8H,2-6H2,1H3,(H,12,13);5H,1,6H2,2-4H3;2*2H,1H3/t4*14-,15+,18?;12-,13+;7-,8+,11?;;;/m000001.../s1. The van der Waals surface area contributed by atoms with Gasteiger partial charge >= 0.3 is 71.8 Å². The van der Waals surface area contributed by atoms with Gasteiger partial charge in [-0.2, -0.15) is 0 Å². The molecule has 9 fully saturated rings. The van der Waals surface area contributed by atoms with Crippen LogP contribution >= 0.6 is 0 Å². The molecule has 3 saturated heterocycles. The quantitative estimate of drug-likeness (QED) is 0.0101.